The molecule has 0 aromatic heterocycles. The predicted octanol–water partition coefficient (Wildman–Crippen LogP) is 5.37. The average molecular weight is 312 g/mol. The van der Waals surface area contributed by atoms with Crippen molar-refractivity contribution < 1.29 is 19.5 Å². The van der Waals surface area contributed by atoms with Crippen LogP contribution in [0.5, 0.6) is 0 Å². The number of rotatable bonds is 4. The largest absolute Gasteiger partial charge is 0.693 e. The fourth-order valence-corrected chi connectivity index (χ4v) is 0.526. The molecular weight excluding hydrogens is 290 g/mol. The first-order valence-electron chi connectivity index (χ1n) is 5.03. The summed E-state index contributed by atoms with van der Waals surface area (Å²) in [5.74, 6) is 0. The van der Waals surface area contributed by atoms with E-state index < -0.39 is 0 Å². The minimum atomic E-state index is 0. The molecule has 0 rings (SSSR count). The maximum atomic E-state index is 6.63. The smallest absolute Gasteiger partial charge is 0 e. The normalized spacial score (nSPS) is 7.25. The Morgan fingerprint density at radius 3 is 1.12 bits per heavy atom. The minimum Gasteiger partial charge on any atom is -0.693 e. The van der Waals surface area contributed by atoms with Gasteiger partial charge in [0, 0.05) is 19.5 Å². The zero-order valence-electron chi connectivity index (χ0n) is 10.5. The van der Waals surface area contributed by atoms with Crippen molar-refractivity contribution in [1.82, 2.24) is 0 Å². The molecule has 0 aliphatic rings. The Morgan fingerprint density at radius 2 is 1.12 bits per heavy atom. The summed E-state index contributed by atoms with van der Waals surface area (Å²) in [6.07, 6.45) is 4.71. The molecule has 2 nitrogen and oxygen atoms in total. The van der Waals surface area contributed by atoms with Gasteiger partial charge in [0.1, 0.15) is 0 Å². The quantitative estimate of drug-likeness (QED) is 0.398. The first-order chi connectivity index (χ1) is 6.95. The summed E-state index contributed by atoms with van der Waals surface area (Å²) in [5, 5.41) is 0. The van der Waals surface area contributed by atoms with Gasteiger partial charge in [0.05, 0.1) is 0 Å². The molecule has 0 aromatic carbocycles. The summed E-state index contributed by atoms with van der Waals surface area (Å²) < 4.78 is 0. The molecule has 0 atom stereocenters. The van der Waals surface area contributed by atoms with E-state index in [-0.39, 0.29) is 35.9 Å². The molecule has 0 radical (unpaired) electrons. The molecule has 0 aliphatic heterocycles. The van der Waals surface area contributed by atoms with Crippen molar-refractivity contribution in [3.8, 4) is 0 Å². The van der Waals surface area contributed by atoms with E-state index in [4.69, 9.17) is 11.5 Å². The van der Waals surface area contributed by atoms with E-state index in [0.717, 1.165) is 12.8 Å². The van der Waals surface area contributed by atoms with E-state index in [1.54, 1.807) is 0 Å². The van der Waals surface area contributed by atoms with E-state index in [1.807, 2.05) is 0 Å². The SMILES string of the molecule is [CH2-]CCC.[CH2-]CCC.[NH-]C(=S)CC([NH-])=S.[Zn]. The standard InChI is InChI=1S/2C4H9.C3H6N2S2.Zn/c2*1-3-4-2;4-2(6)1-3(5)7;/h2*1,3-4H2,2H3;1H2,(H4,4,5,6,7);/q2*-1;;/p-2. The van der Waals surface area contributed by atoms with Crippen molar-refractivity contribution >= 4 is 34.4 Å². The molecular formula is C11H22N2S2Zn-4. The molecule has 0 unspecified atom stereocenters. The zero-order chi connectivity index (χ0) is 12.7. The second kappa shape index (κ2) is 24.6. The van der Waals surface area contributed by atoms with Gasteiger partial charge in [0.25, 0.3) is 0 Å². The molecule has 16 heavy (non-hydrogen) atoms. The van der Waals surface area contributed by atoms with Crippen LogP contribution in [0, 0.1) is 13.8 Å². The van der Waals surface area contributed by atoms with Crippen LogP contribution in [0.2, 0.25) is 0 Å². The van der Waals surface area contributed by atoms with E-state index >= 15 is 0 Å². The van der Waals surface area contributed by atoms with Crippen LogP contribution in [-0.2, 0) is 19.5 Å². The molecule has 94 valence electrons. The van der Waals surface area contributed by atoms with Crippen molar-refractivity contribution in [3.63, 3.8) is 0 Å². The zero-order valence-corrected chi connectivity index (χ0v) is 15.1. The van der Waals surface area contributed by atoms with Crippen LogP contribution in [0.15, 0.2) is 0 Å². The molecule has 2 N–H and O–H groups in total. The van der Waals surface area contributed by atoms with Gasteiger partial charge in [-0.3, -0.25) is 0 Å². The van der Waals surface area contributed by atoms with Gasteiger partial charge in [0.2, 0.25) is 0 Å². The molecule has 0 saturated heterocycles. The third-order valence-corrected chi connectivity index (χ3v) is 1.32. The van der Waals surface area contributed by atoms with Crippen LogP contribution in [0.3, 0.4) is 0 Å². The van der Waals surface area contributed by atoms with Gasteiger partial charge >= 0.3 is 0 Å². The summed E-state index contributed by atoms with van der Waals surface area (Å²) >= 11 is 8.66. The Hall–Kier alpha value is 0.403. The van der Waals surface area contributed by atoms with Crippen molar-refractivity contribution in [2.24, 2.45) is 0 Å². The van der Waals surface area contributed by atoms with E-state index in [1.165, 1.54) is 12.8 Å². The Labute approximate surface area is 125 Å². The van der Waals surface area contributed by atoms with Crippen LogP contribution >= 0.6 is 24.4 Å². The summed E-state index contributed by atoms with van der Waals surface area (Å²) in [7, 11) is 0. The second-order valence-corrected chi connectivity index (χ2v) is 3.72. The summed E-state index contributed by atoms with van der Waals surface area (Å²) in [4.78, 5) is 0.0833. The maximum Gasteiger partial charge on any atom is 0 e. The third-order valence-electron chi connectivity index (χ3n) is 1.03. The van der Waals surface area contributed by atoms with Gasteiger partial charge in [-0.15, -0.1) is 24.4 Å². The molecule has 0 saturated carbocycles. The Balaban J connectivity index is -0.0000000700. The van der Waals surface area contributed by atoms with Crippen molar-refractivity contribution in [2.75, 3.05) is 0 Å². The van der Waals surface area contributed by atoms with Crippen LogP contribution in [0.25, 0.3) is 11.5 Å². The molecule has 0 aliphatic carbocycles. The van der Waals surface area contributed by atoms with Crippen molar-refractivity contribution in [1.29, 1.82) is 0 Å². The first-order valence-corrected chi connectivity index (χ1v) is 5.85. The maximum absolute atomic E-state index is 6.63. The Morgan fingerprint density at radius 1 is 0.938 bits per heavy atom. The van der Waals surface area contributed by atoms with Crippen LogP contribution in [0.1, 0.15) is 46.0 Å². The predicted molar refractivity (Wildman–Crippen MR) is 79.0 cm³/mol. The topological polar surface area (TPSA) is 47.6 Å². The van der Waals surface area contributed by atoms with Crippen molar-refractivity contribution in [2.45, 2.75) is 46.0 Å². The number of thiocarbonyl (C=S) groups is 2. The summed E-state index contributed by atoms with van der Waals surface area (Å²) in [5.41, 5.74) is 13.3. The van der Waals surface area contributed by atoms with Gasteiger partial charge in [0.15, 0.2) is 0 Å². The van der Waals surface area contributed by atoms with Gasteiger partial charge in [-0.05, 0) is 6.42 Å². The van der Waals surface area contributed by atoms with Gasteiger partial charge in [-0.1, -0.05) is 36.7 Å². The van der Waals surface area contributed by atoms with Gasteiger partial charge in [-0.2, -0.15) is 12.8 Å². The fourth-order valence-electron chi connectivity index (χ4n) is 0.146. The fraction of sp³-hybridized carbons (Fsp3) is 0.636. The number of unbranched alkanes of at least 4 members (excludes halogenated alkanes) is 2. The Bertz CT molecular complexity index is 133. The molecule has 0 aromatic rings. The molecule has 0 fully saturated rings. The van der Waals surface area contributed by atoms with E-state index in [0.29, 0.717) is 0 Å². The van der Waals surface area contributed by atoms with Gasteiger partial charge < -0.3 is 25.3 Å². The minimum absolute atomic E-state index is 0. The third kappa shape index (κ3) is 63.1. The summed E-state index contributed by atoms with van der Waals surface area (Å²) in [6.45, 7) is 11.4. The number of hydrogen-bond acceptors (Lipinski definition) is 2. The molecule has 0 heterocycles. The molecule has 0 bridgehead atoms. The molecule has 5 heteroatoms. The van der Waals surface area contributed by atoms with E-state index in [2.05, 4.69) is 52.1 Å². The monoisotopic (exact) mass is 310 g/mol. The van der Waals surface area contributed by atoms with E-state index in [9.17, 15) is 0 Å². The van der Waals surface area contributed by atoms with Gasteiger partial charge in [-0.25, -0.2) is 0 Å². The van der Waals surface area contributed by atoms with Crippen LogP contribution < -0.4 is 0 Å². The Kier molecular flexibility index (Phi) is 38.9. The first kappa shape index (κ1) is 25.3. The molecule has 0 spiro atoms. The molecule has 0 amide bonds. The second-order valence-electron chi connectivity index (χ2n) is 2.73. The number of nitrogens with one attached hydrogen (secondary N) is 2. The summed E-state index contributed by atoms with van der Waals surface area (Å²) in [6, 6.07) is 0. The van der Waals surface area contributed by atoms with Crippen molar-refractivity contribution in [3.05, 3.63) is 25.3 Å². The van der Waals surface area contributed by atoms with Crippen LogP contribution in [-0.4, -0.2) is 9.98 Å². The van der Waals surface area contributed by atoms with Crippen LogP contribution in [0.4, 0.5) is 0 Å². The number of hydrogen-bond donors (Lipinski definition) is 0. The average Bonchev–Trinajstić information content (AvgIpc) is 2.16.